The molecule has 1 atom stereocenters. The first-order valence-corrected chi connectivity index (χ1v) is 9.71. The fourth-order valence-electron chi connectivity index (χ4n) is 2.97. The maximum atomic E-state index is 12.5. The number of nitrogens with zero attached hydrogens (tertiary/aromatic N) is 2. The molecule has 0 spiro atoms. The van der Waals surface area contributed by atoms with E-state index in [2.05, 4.69) is 20.8 Å². The summed E-state index contributed by atoms with van der Waals surface area (Å²) < 4.78 is 5.13. The summed E-state index contributed by atoms with van der Waals surface area (Å²) in [6, 6.07) is 7.64. The lowest BCUT2D eigenvalue weighted by Gasteiger charge is -2.22. The lowest BCUT2D eigenvalue weighted by molar-refractivity contribution is 0.0947. The Morgan fingerprint density at radius 3 is 3.00 bits per heavy atom. The third kappa shape index (κ3) is 6.00. The van der Waals surface area contributed by atoms with Crippen LogP contribution in [-0.2, 0) is 5.75 Å². The molecular weight excluding hydrogens is 372 g/mol. The van der Waals surface area contributed by atoms with Gasteiger partial charge in [0.05, 0.1) is 11.3 Å². The SMILES string of the molecule is Cc1noc(CSc2ccccc2C(=O)NCCC2CCCNC2)n1.Cl. The van der Waals surface area contributed by atoms with Crippen LogP contribution >= 0.6 is 24.2 Å². The average Bonchev–Trinajstić information content (AvgIpc) is 3.06. The third-order valence-corrected chi connectivity index (χ3v) is 5.35. The van der Waals surface area contributed by atoms with E-state index in [-0.39, 0.29) is 18.3 Å². The van der Waals surface area contributed by atoms with Crippen molar-refractivity contribution in [2.75, 3.05) is 19.6 Å². The quantitative estimate of drug-likeness (QED) is 0.699. The number of carbonyl (C=O) groups excluding carboxylic acids is 1. The average molecular weight is 397 g/mol. The molecule has 3 rings (SSSR count). The second-order valence-corrected chi connectivity index (χ2v) is 7.29. The first-order valence-electron chi connectivity index (χ1n) is 8.72. The highest BCUT2D eigenvalue weighted by molar-refractivity contribution is 7.98. The zero-order valence-corrected chi connectivity index (χ0v) is 16.5. The van der Waals surface area contributed by atoms with E-state index in [1.807, 2.05) is 24.3 Å². The Balaban J connectivity index is 0.00000243. The van der Waals surface area contributed by atoms with Crippen molar-refractivity contribution in [3.63, 3.8) is 0 Å². The molecule has 8 heteroatoms. The van der Waals surface area contributed by atoms with Crippen LogP contribution in [0.15, 0.2) is 33.7 Å². The van der Waals surface area contributed by atoms with Gasteiger partial charge in [0.15, 0.2) is 5.82 Å². The molecule has 2 heterocycles. The molecule has 0 aliphatic carbocycles. The number of aryl methyl sites for hydroxylation is 1. The molecule has 142 valence electrons. The number of benzene rings is 1. The van der Waals surface area contributed by atoms with Gasteiger partial charge in [0.1, 0.15) is 0 Å². The number of nitrogens with one attached hydrogen (secondary N) is 2. The van der Waals surface area contributed by atoms with Crippen molar-refractivity contribution in [2.24, 2.45) is 5.92 Å². The topological polar surface area (TPSA) is 80.0 Å². The van der Waals surface area contributed by atoms with Gasteiger partial charge in [-0.05, 0) is 57.3 Å². The second kappa shape index (κ2) is 10.5. The molecule has 1 unspecified atom stereocenters. The van der Waals surface area contributed by atoms with Gasteiger partial charge < -0.3 is 15.2 Å². The molecule has 2 N–H and O–H groups in total. The standard InChI is InChI=1S/C18H24N4O2S.ClH/c1-13-21-17(24-22-13)12-25-16-7-3-2-6-15(16)18(23)20-10-8-14-5-4-9-19-11-14;/h2-3,6-7,14,19H,4-5,8-12H2,1H3,(H,20,23);1H. The normalized spacial score (nSPS) is 16.7. The van der Waals surface area contributed by atoms with Crippen molar-refractivity contribution in [3.05, 3.63) is 41.5 Å². The van der Waals surface area contributed by atoms with Crippen molar-refractivity contribution < 1.29 is 9.32 Å². The van der Waals surface area contributed by atoms with Gasteiger partial charge in [0, 0.05) is 11.4 Å². The van der Waals surface area contributed by atoms with Gasteiger partial charge in [0.2, 0.25) is 5.89 Å². The number of thioether (sulfide) groups is 1. The molecule has 1 amide bonds. The molecule has 1 saturated heterocycles. The zero-order chi connectivity index (χ0) is 17.5. The van der Waals surface area contributed by atoms with E-state index in [0.717, 1.165) is 24.4 Å². The minimum absolute atomic E-state index is 0. The van der Waals surface area contributed by atoms with E-state index in [1.165, 1.54) is 24.6 Å². The molecule has 0 saturated carbocycles. The van der Waals surface area contributed by atoms with E-state index in [4.69, 9.17) is 4.52 Å². The monoisotopic (exact) mass is 396 g/mol. The van der Waals surface area contributed by atoms with Crippen molar-refractivity contribution in [1.82, 2.24) is 20.8 Å². The summed E-state index contributed by atoms with van der Waals surface area (Å²) in [4.78, 5) is 17.7. The predicted octanol–water partition coefficient (Wildman–Crippen LogP) is 3.21. The summed E-state index contributed by atoms with van der Waals surface area (Å²) in [5, 5.41) is 10.3. The molecule has 1 fully saturated rings. The zero-order valence-electron chi connectivity index (χ0n) is 14.9. The van der Waals surface area contributed by atoms with Crippen LogP contribution in [0.4, 0.5) is 0 Å². The van der Waals surface area contributed by atoms with Gasteiger partial charge in [-0.3, -0.25) is 4.79 Å². The first kappa shape index (κ1) is 20.7. The van der Waals surface area contributed by atoms with E-state index < -0.39 is 0 Å². The molecule has 0 bridgehead atoms. The summed E-state index contributed by atoms with van der Waals surface area (Å²) >= 11 is 1.54. The first-order chi connectivity index (χ1) is 12.2. The van der Waals surface area contributed by atoms with Crippen molar-refractivity contribution in [1.29, 1.82) is 0 Å². The van der Waals surface area contributed by atoms with Crippen molar-refractivity contribution in [3.8, 4) is 0 Å². The van der Waals surface area contributed by atoms with E-state index in [0.29, 0.717) is 35.5 Å². The smallest absolute Gasteiger partial charge is 0.252 e. The number of carbonyl (C=O) groups is 1. The number of hydrogen-bond donors (Lipinski definition) is 2. The lowest BCUT2D eigenvalue weighted by Crippen LogP contribution is -2.33. The Labute approximate surface area is 164 Å². The molecule has 2 aromatic rings. The van der Waals surface area contributed by atoms with Gasteiger partial charge in [-0.2, -0.15) is 4.98 Å². The van der Waals surface area contributed by atoms with Gasteiger partial charge >= 0.3 is 0 Å². The van der Waals surface area contributed by atoms with Crippen LogP contribution in [0.2, 0.25) is 0 Å². The minimum Gasteiger partial charge on any atom is -0.352 e. The maximum Gasteiger partial charge on any atom is 0.252 e. The van der Waals surface area contributed by atoms with Crippen LogP contribution in [-0.4, -0.2) is 35.7 Å². The van der Waals surface area contributed by atoms with Crippen LogP contribution in [0, 0.1) is 12.8 Å². The van der Waals surface area contributed by atoms with Crippen LogP contribution in [0.25, 0.3) is 0 Å². The van der Waals surface area contributed by atoms with E-state index in [9.17, 15) is 4.79 Å². The minimum atomic E-state index is -0.0198. The van der Waals surface area contributed by atoms with Crippen molar-refractivity contribution >= 4 is 30.1 Å². The van der Waals surface area contributed by atoms with Crippen LogP contribution in [0.3, 0.4) is 0 Å². The summed E-state index contributed by atoms with van der Waals surface area (Å²) in [5.74, 6) is 2.40. The summed E-state index contributed by atoms with van der Waals surface area (Å²) in [7, 11) is 0. The van der Waals surface area contributed by atoms with E-state index >= 15 is 0 Å². The third-order valence-electron chi connectivity index (χ3n) is 4.29. The maximum absolute atomic E-state index is 12.5. The van der Waals surface area contributed by atoms with Crippen LogP contribution < -0.4 is 10.6 Å². The molecule has 1 aromatic heterocycles. The molecular formula is C18H25ClN4O2S. The van der Waals surface area contributed by atoms with E-state index in [1.54, 1.807) is 6.92 Å². The van der Waals surface area contributed by atoms with Gasteiger partial charge in [-0.1, -0.05) is 17.3 Å². The highest BCUT2D eigenvalue weighted by Crippen LogP contribution is 2.26. The number of rotatable bonds is 7. The fraction of sp³-hybridized carbons (Fsp3) is 0.500. The Hall–Kier alpha value is -1.57. The fourth-order valence-corrected chi connectivity index (χ4v) is 3.86. The Morgan fingerprint density at radius 2 is 2.27 bits per heavy atom. The molecule has 1 aliphatic heterocycles. The largest absolute Gasteiger partial charge is 0.352 e. The van der Waals surface area contributed by atoms with Gasteiger partial charge in [-0.25, -0.2) is 0 Å². The number of halogens is 1. The van der Waals surface area contributed by atoms with Crippen LogP contribution in [0.1, 0.15) is 41.3 Å². The molecule has 1 aromatic carbocycles. The highest BCUT2D eigenvalue weighted by Gasteiger charge is 2.15. The second-order valence-electron chi connectivity index (χ2n) is 6.28. The number of hydrogen-bond acceptors (Lipinski definition) is 6. The Kier molecular flexibility index (Phi) is 8.41. The van der Waals surface area contributed by atoms with Crippen LogP contribution in [0.5, 0.6) is 0 Å². The molecule has 6 nitrogen and oxygen atoms in total. The highest BCUT2D eigenvalue weighted by atomic mass is 35.5. The summed E-state index contributed by atoms with van der Waals surface area (Å²) in [6.45, 7) is 4.69. The number of aromatic nitrogens is 2. The summed E-state index contributed by atoms with van der Waals surface area (Å²) in [5.41, 5.74) is 0.700. The van der Waals surface area contributed by atoms with Gasteiger partial charge in [-0.15, -0.1) is 24.2 Å². The number of piperidine rings is 1. The van der Waals surface area contributed by atoms with Gasteiger partial charge in [0.25, 0.3) is 5.91 Å². The number of amides is 1. The summed E-state index contributed by atoms with van der Waals surface area (Å²) in [6.07, 6.45) is 3.50. The Morgan fingerprint density at radius 1 is 1.42 bits per heavy atom. The Bertz CT molecular complexity index is 704. The predicted molar refractivity (Wildman–Crippen MR) is 105 cm³/mol. The molecule has 1 aliphatic rings. The molecule has 0 radical (unpaired) electrons. The van der Waals surface area contributed by atoms with Crippen molar-refractivity contribution in [2.45, 2.75) is 36.8 Å². The molecule has 26 heavy (non-hydrogen) atoms. The lowest BCUT2D eigenvalue weighted by atomic mass is 9.96.